The molecule has 0 saturated heterocycles. The zero-order valence-corrected chi connectivity index (χ0v) is 21.9. The highest BCUT2D eigenvalue weighted by Crippen LogP contribution is 2.48. The quantitative estimate of drug-likeness (QED) is 0.171. The molecule has 7 aromatic carbocycles. The van der Waals surface area contributed by atoms with Crippen molar-refractivity contribution in [2.24, 2.45) is 0 Å². The van der Waals surface area contributed by atoms with Crippen molar-refractivity contribution >= 4 is 43.2 Å². The normalized spacial score (nSPS) is 11.5. The topological polar surface area (TPSA) is 12.9 Å². The zero-order valence-electron chi connectivity index (χ0n) is 21.9. The second-order valence-electron chi connectivity index (χ2n) is 10.3. The summed E-state index contributed by atoms with van der Waals surface area (Å²) in [6.07, 6.45) is 2.09. The summed E-state index contributed by atoms with van der Waals surface area (Å²) >= 11 is 0. The number of rotatable bonds is 3. The Morgan fingerprint density at radius 1 is 0.350 bits per heavy atom. The molecule has 0 aliphatic rings. The summed E-state index contributed by atoms with van der Waals surface area (Å²) < 4.78 is 0. The summed E-state index contributed by atoms with van der Waals surface area (Å²) in [4.78, 5) is 4.99. The molecule has 8 rings (SSSR count). The third-order valence-corrected chi connectivity index (χ3v) is 8.10. The van der Waals surface area contributed by atoms with Gasteiger partial charge >= 0.3 is 0 Å². The van der Waals surface area contributed by atoms with Crippen molar-refractivity contribution in [1.29, 1.82) is 0 Å². The monoisotopic (exact) mass is 507 g/mol. The standard InChI is InChI=1S/C39H25N/c1-2-14-27(15-3-1)37-32-20-8-9-21-33(32)38(35-25-40-36-24-11-10-22-34(36)39(35)37)31-19-7-6-18-30(31)29-23-12-16-26-13-4-5-17-28(26)29/h1-25H. The van der Waals surface area contributed by atoms with E-state index < -0.39 is 0 Å². The second-order valence-corrected chi connectivity index (χ2v) is 10.3. The molecule has 1 nitrogen and oxygen atoms in total. The fourth-order valence-corrected chi connectivity index (χ4v) is 6.39. The van der Waals surface area contributed by atoms with E-state index in [4.69, 9.17) is 4.98 Å². The predicted octanol–water partition coefficient (Wildman–Crippen LogP) is 10.7. The van der Waals surface area contributed by atoms with Crippen LogP contribution in [0.15, 0.2) is 152 Å². The lowest BCUT2D eigenvalue weighted by atomic mass is 9.83. The Morgan fingerprint density at radius 3 is 1.75 bits per heavy atom. The molecule has 186 valence electrons. The Morgan fingerprint density at radius 2 is 0.925 bits per heavy atom. The molecule has 0 unspecified atom stereocenters. The van der Waals surface area contributed by atoms with E-state index in [-0.39, 0.29) is 0 Å². The van der Waals surface area contributed by atoms with Crippen molar-refractivity contribution in [3.63, 3.8) is 0 Å². The van der Waals surface area contributed by atoms with Crippen molar-refractivity contribution in [2.45, 2.75) is 0 Å². The van der Waals surface area contributed by atoms with Crippen molar-refractivity contribution in [3.8, 4) is 33.4 Å². The van der Waals surface area contributed by atoms with Gasteiger partial charge in [0.05, 0.1) is 5.52 Å². The van der Waals surface area contributed by atoms with Gasteiger partial charge < -0.3 is 0 Å². The lowest BCUT2D eigenvalue weighted by molar-refractivity contribution is 1.45. The first-order valence-electron chi connectivity index (χ1n) is 13.7. The van der Waals surface area contributed by atoms with Gasteiger partial charge in [0.2, 0.25) is 0 Å². The van der Waals surface area contributed by atoms with E-state index in [0.29, 0.717) is 0 Å². The lowest BCUT2D eigenvalue weighted by Gasteiger charge is -2.21. The van der Waals surface area contributed by atoms with Gasteiger partial charge in [0.15, 0.2) is 0 Å². The Kier molecular flexibility index (Phi) is 5.21. The van der Waals surface area contributed by atoms with E-state index >= 15 is 0 Å². The smallest absolute Gasteiger partial charge is 0.0708 e. The molecular formula is C39H25N. The highest BCUT2D eigenvalue weighted by atomic mass is 14.7. The first-order valence-corrected chi connectivity index (χ1v) is 13.7. The van der Waals surface area contributed by atoms with Gasteiger partial charge in [-0.1, -0.05) is 140 Å². The van der Waals surface area contributed by atoms with Crippen LogP contribution in [-0.2, 0) is 0 Å². The average Bonchev–Trinajstić information content (AvgIpc) is 3.03. The number of aromatic nitrogens is 1. The predicted molar refractivity (Wildman–Crippen MR) is 171 cm³/mol. The number of hydrogen-bond donors (Lipinski definition) is 0. The van der Waals surface area contributed by atoms with Crippen LogP contribution in [0.2, 0.25) is 0 Å². The summed E-state index contributed by atoms with van der Waals surface area (Å²) in [5.41, 5.74) is 8.41. The molecule has 0 amide bonds. The fourth-order valence-electron chi connectivity index (χ4n) is 6.39. The molecule has 0 atom stereocenters. The molecule has 1 heteroatoms. The van der Waals surface area contributed by atoms with Crippen molar-refractivity contribution in [2.75, 3.05) is 0 Å². The SMILES string of the molecule is c1ccc(-c2c3ccccc3c(-c3ccccc3-c3cccc4ccccc34)c3cnc4ccccc4c23)cc1. The van der Waals surface area contributed by atoms with Gasteiger partial charge in [-0.3, -0.25) is 4.98 Å². The van der Waals surface area contributed by atoms with Crippen LogP contribution < -0.4 is 0 Å². The van der Waals surface area contributed by atoms with Gasteiger partial charge in [0.1, 0.15) is 0 Å². The summed E-state index contributed by atoms with van der Waals surface area (Å²) in [5.74, 6) is 0. The lowest BCUT2D eigenvalue weighted by Crippen LogP contribution is -1.95. The molecular weight excluding hydrogens is 482 g/mol. The molecule has 0 saturated carbocycles. The summed E-state index contributed by atoms with van der Waals surface area (Å²) in [6.45, 7) is 0. The van der Waals surface area contributed by atoms with Crippen LogP contribution in [-0.4, -0.2) is 4.98 Å². The maximum Gasteiger partial charge on any atom is 0.0708 e. The van der Waals surface area contributed by atoms with Crippen LogP contribution in [0.1, 0.15) is 0 Å². The van der Waals surface area contributed by atoms with E-state index in [9.17, 15) is 0 Å². The van der Waals surface area contributed by atoms with E-state index in [1.54, 1.807) is 0 Å². The molecule has 40 heavy (non-hydrogen) atoms. The third-order valence-electron chi connectivity index (χ3n) is 8.10. The van der Waals surface area contributed by atoms with Crippen LogP contribution in [0.25, 0.3) is 76.6 Å². The first kappa shape index (κ1) is 22.7. The van der Waals surface area contributed by atoms with E-state index in [1.165, 1.54) is 71.1 Å². The summed E-state index contributed by atoms with van der Waals surface area (Å²) in [6, 6.07) is 52.3. The van der Waals surface area contributed by atoms with Gasteiger partial charge in [0.25, 0.3) is 0 Å². The summed E-state index contributed by atoms with van der Waals surface area (Å²) in [5, 5.41) is 8.58. The minimum Gasteiger partial charge on any atom is -0.256 e. The number of benzene rings is 7. The van der Waals surface area contributed by atoms with Crippen molar-refractivity contribution in [3.05, 3.63) is 152 Å². The van der Waals surface area contributed by atoms with Crippen LogP contribution in [0, 0.1) is 0 Å². The number of hydrogen-bond acceptors (Lipinski definition) is 1. The van der Waals surface area contributed by atoms with Crippen LogP contribution in [0.5, 0.6) is 0 Å². The molecule has 0 radical (unpaired) electrons. The molecule has 0 spiro atoms. The maximum atomic E-state index is 4.99. The van der Waals surface area contributed by atoms with Crippen LogP contribution >= 0.6 is 0 Å². The van der Waals surface area contributed by atoms with Gasteiger partial charge in [-0.25, -0.2) is 0 Å². The average molecular weight is 508 g/mol. The number of nitrogens with zero attached hydrogens (tertiary/aromatic N) is 1. The van der Waals surface area contributed by atoms with Gasteiger partial charge in [0, 0.05) is 22.4 Å². The fraction of sp³-hybridized carbons (Fsp3) is 0. The van der Waals surface area contributed by atoms with E-state index in [2.05, 4.69) is 152 Å². The molecule has 0 aliphatic carbocycles. The molecule has 0 bridgehead atoms. The van der Waals surface area contributed by atoms with Crippen molar-refractivity contribution in [1.82, 2.24) is 4.98 Å². The largest absolute Gasteiger partial charge is 0.256 e. The Hall–Kier alpha value is -5.27. The first-order chi connectivity index (χ1) is 19.9. The van der Waals surface area contributed by atoms with Crippen molar-refractivity contribution < 1.29 is 0 Å². The van der Waals surface area contributed by atoms with Crippen LogP contribution in [0.3, 0.4) is 0 Å². The molecule has 0 fully saturated rings. The highest BCUT2D eigenvalue weighted by Gasteiger charge is 2.21. The van der Waals surface area contributed by atoms with Gasteiger partial charge in [-0.15, -0.1) is 0 Å². The Balaban J connectivity index is 1.58. The molecule has 1 aromatic heterocycles. The van der Waals surface area contributed by atoms with E-state index in [0.717, 1.165) is 5.52 Å². The maximum absolute atomic E-state index is 4.99. The number of fused-ring (bicyclic) bond motifs is 5. The second kappa shape index (κ2) is 9.18. The van der Waals surface area contributed by atoms with Gasteiger partial charge in [-0.2, -0.15) is 0 Å². The van der Waals surface area contributed by atoms with E-state index in [1.807, 2.05) is 0 Å². The highest BCUT2D eigenvalue weighted by molar-refractivity contribution is 6.28. The minimum atomic E-state index is 1.01. The Labute approximate surface area is 233 Å². The molecule has 0 aliphatic heterocycles. The Bertz CT molecular complexity index is 2200. The van der Waals surface area contributed by atoms with Gasteiger partial charge in [-0.05, 0) is 61.0 Å². The minimum absolute atomic E-state index is 1.01. The molecule has 8 aromatic rings. The number of para-hydroxylation sites is 1. The third kappa shape index (κ3) is 3.45. The summed E-state index contributed by atoms with van der Waals surface area (Å²) in [7, 11) is 0. The molecule has 1 heterocycles. The molecule has 0 N–H and O–H groups in total. The zero-order chi connectivity index (χ0) is 26.5. The van der Waals surface area contributed by atoms with Crippen LogP contribution in [0.4, 0.5) is 0 Å². The number of pyridine rings is 1.